The number of hydrogen-bond donors (Lipinski definition) is 1. The third-order valence-electron chi connectivity index (χ3n) is 0.688. The van der Waals surface area contributed by atoms with E-state index in [1.54, 1.807) is 12.1 Å². The van der Waals surface area contributed by atoms with E-state index in [0.717, 1.165) is 4.60 Å². The van der Waals surface area contributed by atoms with Crippen LogP contribution in [0.5, 0.6) is 0 Å². The fourth-order valence-electron chi connectivity index (χ4n) is 0.380. The van der Waals surface area contributed by atoms with Crippen LogP contribution in [0.25, 0.3) is 0 Å². The Morgan fingerprint density at radius 1 is 1.75 bits per heavy atom. The summed E-state index contributed by atoms with van der Waals surface area (Å²) < 4.78 is 0.720. The van der Waals surface area contributed by atoms with E-state index < -0.39 is 0 Å². The predicted octanol–water partition coefficient (Wildman–Crippen LogP) is 1.23. The van der Waals surface area contributed by atoms with Gasteiger partial charge >= 0.3 is 0 Å². The average molecular weight is 172 g/mol. The number of aromatic nitrogens is 1. The smallest absolute Gasteiger partial charge is 0.108 e. The first-order valence-corrected chi connectivity index (χ1v) is 2.87. The third kappa shape index (κ3) is 1.20. The monoisotopic (exact) mass is 171 g/mol. The van der Waals surface area contributed by atoms with Gasteiger partial charge in [0.15, 0.2) is 0 Å². The number of anilines is 1. The van der Waals surface area contributed by atoms with Crippen LogP contribution in [-0.2, 0) is 0 Å². The summed E-state index contributed by atoms with van der Waals surface area (Å²) in [6.45, 7) is 0. The molecule has 8 heavy (non-hydrogen) atoms. The minimum atomic E-state index is 0.673. The minimum Gasteiger partial charge on any atom is -0.399 e. The summed E-state index contributed by atoms with van der Waals surface area (Å²) in [5.74, 6) is 0. The SMILES string of the molecule is Nc1c[c]nc(Br)c1. The summed E-state index contributed by atoms with van der Waals surface area (Å²) >= 11 is 3.14. The zero-order valence-corrected chi connectivity index (χ0v) is 5.64. The van der Waals surface area contributed by atoms with Crippen molar-refractivity contribution in [2.75, 3.05) is 5.73 Å². The topological polar surface area (TPSA) is 38.9 Å². The van der Waals surface area contributed by atoms with Gasteiger partial charge in [-0.25, -0.2) is 4.98 Å². The molecule has 0 spiro atoms. The maximum absolute atomic E-state index is 5.36. The van der Waals surface area contributed by atoms with Crippen molar-refractivity contribution in [2.45, 2.75) is 0 Å². The molecule has 2 N–H and O–H groups in total. The highest BCUT2D eigenvalue weighted by Gasteiger charge is 1.85. The molecule has 0 aliphatic carbocycles. The largest absolute Gasteiger partial charge is 0.399 e. The van der Waals surface area contributed by atoms with Crippen molar-refractivity contribution < 1.29 is 0 Å². The van der Waals surface area contributed by atoms with Crippen molar-refractivity contribution in [3.05, 3.63) is 22.9 Å². The van der Waals surface area contributed by atoms with E-state index in [-0.39, 0.29) is 0 Å². The highest BCUT2D eigenvalue weighted by atomic mass is 79.9. The van der Waals surface area contributed by atoms with Gasteiger partial charge in [0.25, 0.3) is 0 Å². The zero-order chi connectivity index (χ0) is 5.98. The molecule has 1 radical (unpaired) electrons. The normalized spacial score (nSPS) is 9.12. The number of nitrogen functional groups attached to an aromatic ring is 1. The van der Waals surface area contributed by atoms with Crippen LogP contribution in [0.2, 0.25) is 0 Å². The second kappa shape index (κ2) is 2.13. The highest BCUT2D eigenvalue weighted by molar-refractivity contribution is 9.10. The van der Waals surface area contributed by atoms with Crippen LogP contribution in [0, 0.1) is 6.20 Å². The Kier molecular flexibility index (Phi) is 1.48. The summed E-state index contributed by atoms with van der Waals surface area (Å²) in [4.78, 5) is 3.75. The Morgan fingerprint density at radius 2 is 2.50 bits per heavy atom. The second-order valence-electron chi connectivity index (χ2n) is 1.35. The Morgan fingerprint density at radius 3 is 2.88 bits per heavy atom. The molecular weight excluding hydrogens is 168 g/mol. The van der Waals surface area contributed by atoms with Crippen LogP contribution >= 0.6 is 15.9 Å². The standard InChI is InChI=1S/C5H4BrN2/c6-5-3-4(7)1-2-8-5/h1,3H,(H2,7,8). The minimum absolute atomic E-state index is 0.673. The zero-order valence-electron chi connectivity index (χ0n) is 4.06. The van der Waals surface area contributed by atoms with E-state index in [9.17, 15) is 0 Å². The van der Waals surface area contributed by atoms with Crippen LogP contribution < -0.4 is 5.73 Å². The van der Waals surface area contributed by atoms with Crippen LogP contribution in [0.4, 0.5) is 5.69 Å². The second-order valence-corrected chi connectivity index (χ2v) is 2.16. The van der Waals surface area contributed by atoms with Gasteiger partial charge in [-0.05, 0) is 28.1 Å². The molecule has 0 fully saturated rings. The molecule has 3 heteroatoms. The Hall–Kier alpha value is -0.570. The van der Waals surface area contributed by atoms with E-state index in [2.05, 4.69) is 27.1 Å². The fraction of sp³-hybridized carbons (Fsp3) is 0. The number of pyridine rings is 1. The predicted molar refractivity (Wildman–Crippen MR) is 35.2 cm³/mol. The van der Waals surface area contributed by atoms with Crippen molar-refractivity contribution in [3.8, 4) is 0 Å². The van der Waals surface area contributed by atoms with E-state index in [0.29, 0.717) is 5.69 Å². The van der Waals surface area contributed by atoms with Gasteiger partial charge in [-0.1, -0.05) is 0 Å². The molecule has 0 bridgehead atoms. The molecule has 0 aliphatic rings. The van der Waals surface area contributed by atoms with Crippen molar-refractivity contribution in [1.82, 2.24) is 4.98 Å². The molecule has 1 rings (SSSR count). The maximum atomic E-state index is 5.36. The Balaban J connectivity index is 3.08. The lowest BCUT2D eigenvalue weighted by Gasteiger charge is -1.88. The molecule has 1 aromatic rings. The first-order valence-electron chi connectivity index (χ1n) is 2.08. The molecule has 0 aliphatic heterocycles. The molecule has 0 amide bonds. The van der Waals surface area contributed by atoms with E-state index in [1.165, 1.54) is 0 Å². The van der Waals surface area contributed by atoms with Gasteiger partial charge in [0, 0.05) is 5.69 Å². The Labute approximate surface area is 55.9 Å². The molecule has 2 nitrogen and oxygen atoms in total. The van der Waals surface area contributed by atoms with Gasteiger partial charge in [-0.3, -0.25) is 0 Å². The van der Waals surface area contributed by atoms with Crippen molar-refractivity contribution in [3.63, 3.8) is 0 Å². The van der Waals surface area contributed by atoms with Crippen LogP contribution in [0.15, 0.2) is 16.7 Å². The summed E-state index contributed by atoms with van der Waals surface area (Å²) in [5, 5.41) is 0. The van der Waals surface area contributed by atoms with Crippen molar-refractivity contribution in [2.24, 2.45) is 0 Å². The number of hydrogen-bond acceptors (Lipinski definition) is 2. The Bertz CT molecular complexity index is 170. The summed E-state index contributed by atoms with van der Waals surface area (Å²) in [7, 11) is 0. The lowest BCUT2D eigenvalue weighted by atomic mass is 10.4. The van der Waals surface area contributed by atoms with Gasteiger partial charge in [-0.15, -0.1) is 0 Å². The van der Waals surface area contributed by atoms with Crippen LogP contribution in [-0.4, -0.2) is 4.98 Å². The van der Waals surface area contributed by atoms with E-state index in [1.807, 2.05) is 0 Å². The molecule has 1 aromatic heterocycles. The number of rotatable bonds is 0. The molecule has 0 aromatic carbocycles. The van der Waals surface area contributed by atoms with Gasteiger partial charge < -0.3 is 5.73 Å². The summed E-state index contributed by atoms with van der Waals surface area (Å²) in [6.07, 6.45) is 2.61. The molecule has 0 atom stereocenters. The van der Waals surface area contributed by atoms with Crippen LogP contribution in [0.3, 0.4) is 0 Å². The molecule has 0 saturated carbocycles. The van der Waals surface area contributed by atoms with E-state index >= 15 is 0 Å². The first kappa shape index (κ1) is 5.56. The summed E-state index contributed by atoms with van der Waals surface area (Å²) in [6, 6.07) is 3.33. The first-order chi connectivity index (χ1) is 3.79. The third-order valence-corrected chi connectivity index (χ3v) is 1.09. The average Bonchev–Trinajstić information content (AvgIpc) is 1.64. The fourth-order valence-corrected chi connectivity index (χ4v) is 0.747. The molecule has 0 unspecified atom stereocenters. The lowest BCUT2D eigenvalue weighted by molar-refractivity contribution is 1.27. The highest BCUT2D eigenvalue weighted by Crippen LogP contribution is 2.07. The summed E-state index contributed by atoms with van der Waals surface area (Å²) in [5.41, 5.74) is 6.03. The quantitative estimate of drug-likeness (QED) is 0.597. The number of halogens is 1. The molecular formula is C5H4BrN2. The lowest BCUT2D eigenvalue weighted by Crippen LogP contribution is -1.84. The maximum Gasteiger partial charge on any atom is 0.108 e. The number of nitrogens with zero attached hydrogens (tertiary/aromatic N) is 1. The van der Waals surface area contributed by atoms with Gasteiger partial charge in [0.2, 0.25) is 0 Å². The molecule has 0 saturated heterocycles. The van der Waals surface area contributed by atoms with Crippen LogP contribution in [0.1, 0.15) is 0 Å². The van der Waals surface area contributed by atoms with Gasteiger partial charge in [0.1, 0.15) is 4.60 Å². The van der Waals surface area contributed by atoms with E-state index in [4.69, 9.17) is 5.73 Å². The van der Waals surface area contributed by atoms with Gasteiger partial charge in [-0.2, -0.15) is 0 Å². The number of nitrogens with two attached hydrogens (primary N) is 1. The molecule has 1 heterocycles. The van der Waals surface area contributed by atoms with Gasteiger partial charge in [0.05, 0.1) is 6.20 Å². The molecule has 41 valence electrons. The van der Waals surface area contributed by atoms with Crippen molar-refractivity contribution in [1.29, 1.82) is 0 Å². The van der Waals surface area contributed by atoms with Crippen molar-refractivity contribution >= 4 is 21.6 Å².